The first-order chi connectivity index (χ1) is 7.35. The molecule has 1 aromatic heterocycles. The van der Waals surface area contributed by atoms with Crippen molar-refractivity contribution in [3.05, 3.63) is 36.0 Å². The van der Waals surface area contributed by atoms with Crippen LogP contribution in [0.1, 0.15) is 12.0 Å². The van der Waals surface area contributed by atoms with Crippen molar-refractivity contribution in [3.63, 3.8) is 0 Å². The zero-order valence-corrected chi connectivity index (χ0v) is 8.69. The van der Waals surface area contributed by atoms with Crippen molar-refractivity contribution in [2.75, 3.05) is 6.61 Å². The fourth-order valence-electron chi connectivity index (χ4n) is 1.81. The topological polar surface area (TPSA) is 51.2 Å². The maximum Gasteiger partial charge on any atom is 0.0480 e. The van der Waals surface area contributed by atoms with E-state index < -0.39 is 0 Å². The average Bonchev–Trinajstić information content (AvgIpc) is 2.68. The fraction of sp³-hybridized carbons (Fsp3) is 0.333. The molecule has 0 amide bonds. The van der Waals surface area contributed by atoms with Crippen molar-refractivity contribution >= 4 is 10.9 Å². The number of nitrogens with two attached hydrogens (primary N) is 1. The fourth-order valence-corrected chi connectivity index (χ4v) is 1.81. The molecule has 3 N–H and O–H groups in total. The van der Waals surface area contributed by atoms with Crippen molar-refractivity contribution in [3.8, 4) is 0 Å². The van der Waals surface area contributed by atoms with Crippen LogP contribution in [-0.2, 0) is 13.1 Å². The highest BCUT2D eigenvalue weighted by molar-refractivity contribution is 5.80. The quantitative estimate of drug-likeness (QED) is 0.792. The van der Waals surface area contributed by atoms with E-state index in [9.17, 15) is 0 Å². The number of aryl methyl sites for hydroxylation is 1. The molecule has 0 spiro atoms. The third-order valence-corrected chi connectivity index (χ3v) is 2.63. The van der Waals surface area contributed by atoms with Crippen LogP contribution in [-0.4, -0.2) is 16.3 Å². The van der Waals surface area contributed by atoms with Crippen molar-refractivity contribution in [2.45, 2.75) is 19.5 Å². The second-order valence-electron chi connectivity index (χ2n) is 3.68. The van der Waals surface area contributed by atoms with Gasteiger partial charge in [-0.3, -0.25) is 0 Å². The van der Waals surface area contributed by atoms with Gasteiger partial charge in [0, 0.05) is 31.4 Å². The third-order valence-electron chi connectivity index (χ3n) is 2.63. The van der Waals surface area contributed by atoms with Crippen molar-refractivity contribution in [1.29, 1.82) is 0 Å². The zero-order valence-electron chi connectivity index (χ0n) is 8.69. The number of rotatable bonds is 4. The summed E-state index contributed by atoms with van der Waals surface area (Å²) in [7, 11) is 0. The van der Waals surface area contributed by atoms with E-state index >= 15 is 0 Å². The summed E-state index contributed by atoms with van der Waals surface area (Å²) in [6.45, 7) is 1.68. The average molecular weight is 204 g/mol. The van der Waals surface area contributed by atoms with Gasteiger partial charge in [0.2, 0.25) is 0 Å². The highest BCUT2D eigenvalue weighted by Crippen LogP contribution is 2.17. The molecule has 0 atom stereocenters. The Hall–Kier alpha value is -1.32. The van der Waals surface area contributed by atoms with E-state index in [0.29, 0.717) is 6.54 Å². The van der Waals surface area contributed by atoms with Gasteiger partial charge in [0.15, 0.2) is 0 Å². The van der Waals surface area contributed by atoms with Crippen LogP contribution >= 0.6 is 0 Å². The van der Waals surface area contributed by atoms with Gasteiger partial charge in [0.25, 0.3) is 0 Å². The van der Waals surface area contributed by atoms with E-state index in [1.807, 2.05) is 0 Å². The number of fused-ring (bicyclic) bond motifs is 1. The smallest absolute Gasteiger partial charge is 0.0480 e. The van der Waals surface area contributed by atoms with Gasteiger partial charge in [-0.2, -0.15) is 0 Å². The minimum Gasteiger partial charge on any atom is -0.396 e. The summed E-state index contributed by atoms with van der Waals surface area (Å²) < 4.78 is 2.16. The lowest BCUT2D eigenvalue weighted by atomic mass is 10.1. The largest absolute Gasteiger partial charge is 0.396 e. The normalized spacial score (nSPS) is 11.1. The summed E-state index contributed by atoms with van der Waals surface area (Å²) in [5, 5.41) is 10.0. The first kappa shape index (κ1) is 10.2. The highest BCUT2D eigenvalue weighted by atomic mass is 16.3. The summed E-state index contributed by atoms with van der Waals surface area (Å²) in [6.07, 6.45) is 2.85. The van der Waals surface area contributed by atoms with Gasteiger partial charge in [-0.05, 0) is 35.6 Å². The molecule has 3 heteroatoms. The number of hydrogen-bond acceptors (Lipinski definition) is 2. The van der Waals surface area contributed by atoms with Crippen molar-refractivity contribution in [2.24, 2.45) is 5.73 Å². The summed E-state index contributed by atoms with van der Waals surface area (Å²) in [6, 6.07) is 8.35. The van der Waals surface area contributed by atoms with Gasteiger partial charge >= 0.3 is 0 Å². The lowest BCUT2D eigenvalue weighted by Gasteiger charge is -2.04. The molecule has 15 heavy (non-hydrogen) atoms. The lowest BCUT2D eigenvalue weighted by molar-refractivity contribution is 0.280. The monoisotopic (exact) mass is 204 g/mol. The van der Waals surface area contributed by atoms with Crippen LogP contribution in [0.15, 0.2) is 30.5 Å². The summed E-state index contributed by atoms with van der Waals surface area (Å²) in [4.78, 5) is 0. The SMILES string of the molecule is NCc1ccc2c(ccn2CCCO)c1. The van der Waals surface area contributed by atoms with Crippen molar-refractivity contribution in [1.82, 2.24) is 4.57 Å². The van der Waals surface area contributed by atoms with Crippen LogP contribution in [0.25, 0.3) is 10.9 Å². The predicted octanol–water partition coefficient (Wildman–Crippen LogP) is 1.48. The van der Waals surface area contributed by atoms with Crippen LogP contribution in [0.3, 0.4) is 0 Å². The van der Waals surface area contributed by atoms with E-state index in [1.54, 1.807) is 0 Å². The molecular weight excluding hydrogens is 188 g/mol. The molecule has 2 aromatic rings. The summed E-state index contributed by atoms with van der Waals surface area (Å²) in [5.74, 6) is 0. The highest BCUT2D eigenvalue weighted by Gasteiger charge is 2.00. The van der Waals surface area contributed by atoms with Gasteiger partial charge in [-0.1, -0.05) is 6.07 Å². The number of nitrogens with zero attached hydrogens (tertiary/aromatic N) is 1. The summed E-state index contributed by atoms with van der Waals surface area (Å²) in [5.41, 5.74) is 7.95. The molecule has 0 fully saturated rings. The molecule has 0 aliphatic carbocycles. The predicted molar refractivity (Wildman–Crippen MR) is 61.5 cm³/mol. The minimum atomic E-state index is 0.237. The maximum atomic E-state index is 8.79. The van der Waals surface area contributed by atoms with E-state index in [4.69, 9.17) is 10.8 Å². The number of aliphatic hydroxyl groups excluding tert-OH is 1. The lowest BCUT2D eigenvalue weighted by Crippen LogP contribution is -1.99. The minimum absolute atomic E-state index is 0.237. The number of hydrogen-bond donors (Lipinski definition) is 2. The summed E-state index contributed by atoms with van der Waals surface area (Å²) >= 11 is 0. The Bertz CT molecular complexity index is 448. The maximum absolute atomic E-state index is 8.79. The van der Waals surface area contributed by atoms with E-state index in [0.717, 1.165) is 18.5 Å². The molecule has 3 nitrogen and oxygen atoms in total. The van der Waals surface area contributed by atoms with Crippen LogP contribution in [0, 0.1) is 0 Å². The van der Waals surface area contributed by atoms with Crippen LogP contribution in [0.2, 0.25) is 0 Å². The Morgan fingerprint density at radius 1 is 1.27 bits per heavy atom. The van der Waals surface area contributed by atoms with Gasteiger partial charge in [-0.15, -0.1) is 0 Å². The van der Waals surface area contributed by atoms with Crippen LogP contribution in [0.5, 0.6) is 0 Å². The number of aromatic nitrogens is 1. The second-order valence-corrected chi connectivity index (χ2v) is 3.68. The third kappa shape index (κ3) is 2.03. The van der Waals surface area contributed by atoms with Crippen LogP contribution in [0.4, 0.5) is 0 Å². The van der Waals surface area contributed by atoms with E-state index in [2.05, 4.69) is 35.0 Å². The molecule has 0 aliphatic rings. The zero-order chi connectivity index (χ0) is 10.7. The Labute approximate surface area is 89.1 Å². The van der Waals surface area contributed by atoms with Gasteiger partial charge in [-0.25, -0.2) is 0 Å². The Morgan fingerprint density at radius 3 is 2.87 bits per heavy atom. The molecule has 0 saturated heterocycles. The Morgan fingerprint density at radius 2 is 2.13 bits per heavy atom. The van der Waals surface area contributed by atoms with E-state index in [1.165, 1.54) is 10.9 Å². The van der Waals surface area contributed by atoms with E-state index in [-0.39, 0.29) is 6.61 Å². The van der Waals surface area contributed by atoms with Gasteiger partial charge in [0.05, 0.1) is 0 Å². The molecule has 0 aliphatic heterocycles. The molecule has 1 aromatic carbocycles. The molecule has 0 saturated carbocycles. The van der Waals surface area contributed by atoms with Gasteiger partial charge in [0.1, 0.15) is 0 Å². The molecular formula is C12H16N2O. The Kier molecular flexibility index (Phi) is 3.04. The van der Waals surface area contributed by atoms with Gasteiger partial charge < -0.3 is 15.4 Å². The molecule has 0 unspecified atom stereocenters. The molecule has 0 bridgehead atoms. The van der Waals surface area contributed by atoms with Crippen molar-refractivity contribution < 1.29 is 5.11 Å². The second kappa shape index (κ2) is 4.47. The Balaban J connectivity index is 2.34. The first-order valence-corrected chi connectivity index (χ1v) is 5.24. The van der Waals surface area contributed by atoms with Crippen LogP contribution < -0.4 is 5.73 Å². The first-order valence-electron chi connectivity index (χ1n) is 5.24. The molecule has 80 valence electrons. The molecule has 2 rings (SSSR count). The number of aliphatic hydroxyl groups is 1. The molecule has 0 radical (unpaired) electrons. The standard InChI is InChI=1S/C12H16N2O/c13-9-10-2-3-12-11(8-10)4-6-14(12)5-1-7-15/h2-4,6,8,15H,1,5,7,9,13H2. The molecule has 1 heterocycles. The number of benzene rings is 1.